The van der Waals surface area contributed by atoms with E-state index < -0.39 is 23.9 Å². The van der Waals surface area contributed by atoms with E-state index in [4.69, 9.17) is 0 Å². The minimum Gasteiger partial charge on any atom is -0.480 e. The van der Waals surface area contributed by atoms with Crippen LogP contribution in [0.2, 0.25) is 0 Å². The van der Waals surface area contributed by atoms with Crippen molar-refractivity contribution in [2.75, 3.05) is 72.0 Å². The number of carboxylic acid groups (broad SMARTS) is 4. The summed E-state index contributed by atoms with van der Waals surface area (Å²) in [4.78, 5) is 52.1. The van der Waals surface area contributed by atoms with Gasteiger partial charge in [-0.1, -0.05) is 27.7 Å². The fourth-order valence-electron chi connectivity index (χ4n) is 3.73. The molecule has 0 aliphatic carbocycles. The van der Waals surface area contributed by atoms with Crippen LogP contribution >= 0.6 is 0 Å². The third kappa shape index (κ3) is 13.8. The standard InChI is InChI=1S/C19H34N4O8.C2H6/c1-14(2)15-9-22(12-18(28)29)6-5-20(10-16(24)25)3-4-21(11-17(26)27)7-8-23(15)13-19(30)31;1-2/h14-15H,3-13H2,1-2H3,(H,24,25)(H,26,27)(H,28,29)(H,30,31);1-2H3. The van der Waals surface area contributed by atoms with Crippen molar-refractivity contribution in [2.24, 2.45) is 5.92 Å². The van der Waals surface area contributed by atoms with Crippen LogP contribution in [0.25, 0.3) is 0 Å². The summed E-state index contributed by atoms with van der Waals surface area (Å²) in [7, 11) is 0. The Hall–Kier alpha value is -2.28. The molecule has 12 nitrogen and oxygen atoms in total. The highest BCUT2D eigenvalue weighted by Gasteiger charge is 2.28. The maximum Gasteiger partial charge on any atom is 0.317 e. The summed E-state index contributed by atoms with van der Waals surface area (Å²) in [6.07, 6.45) is 0. The third-order valence-corrected chi connectivity index (χ3v) is 5.27. The van der Waals surface area contributed by atoms with E-state index in [9.17, 15) is 39.6 Å². The molecule has 0 spiro atoms. The minimum atomic E-state index is -1.02. The monoisotopic (exact) mass is 476 g/mol. The van der Waals surface area contributed by atoms with E-state index in [1.165, 1.54) is 0 Å². The molecule has 1 saturated heterocycles. The lowest BCUT2D eigenvalue weighted by Gasteiger charge is -2.39. The summed E-state index contributed by atoms with van der Waals surface area (Å²) < 4.78 is 0. The topological polar surface area (TPSA) is 162 Å². The number of nitrogens with zero attached hydrogens (tertiary/aromatic N) is 4. The number of rotatable bonds is 9. The molecule has 0 aromatic carbocycles. The van der Waals surface area contributed by atoms with Gasteiger partial charge < -0.3 is 20.4 Å². The molecule has 33 heavy (non-hydrogen) atoms. The zero-order chi connectivity index (χ0) is 25.6. The van der Waals surface area contributed by atoms with E-state index in [1.807, 2.05) is 27.7 Å². The summed E-state index contributed by atoms with van der Waals surface area (Å²) in [5.74, 6) is -4.05. The average Bonchev–Trinajstić information content (AvgIpc) is 2.69. The first-order valence-electron chi connectivity index (χ1n) is 11.3. The molecule has 1 heterocycles. The number of hydrogen-bond donors (Lipinski definition) is 4. The molecule has 0 amide bonds. The SMILES string of the molecule is CC.CC(C)C1CN(CC(=O)O)CCN(CC(=O)O)CCN(CC(=O)O)CCN1CC(=O)O. The fraction of sp³-hybridized carbons (Fsp3) is 0.810. The molecule has 192 valence electrons. The van der Waals surface area contributed by atoms with Crippen molar-refractivity contribution >= 4 is 23.9 Å². The Balaban J connectivity index is 0.00000497. The lowest BCUT2D eigenvalue weighted by atomic mass is 10.0. The highest BCUT2D eigenvalue weighted by atomic mass is 16.4. The second kappa shape index (κ2) is 16.4. The predicted molar refractivity (Wildman–Crippen MR) is 121 cm³/mol. The van der Waals surface area contributed by atoms with Gasteiger partial charge in [-0.3, -0.25) is 38.8 Å². The van der Waals surface area contributed by atoms with Crippen LogP contribution in [0.3, 0.4) is 0 Å². The van der Waals surface area contributed by atoms with Gasteiger partial charge in [0.25, 0.3) is 0 Å². The third-order valence-electron chi connectivity index (χ3n) is 5.27. The molecule has 1 rings (SSSR count). The van der Waals surface area contributed by atoms with Gasteiger partial charge in [0, 0.05) is 51.9 Å². The summed E-state index contributed by atoms with van der Waals surface area (Å²) in [5.41, 5.74) is 0. The van der Waals surface area contributed by atoms with Crippen molar-refractivity contribution in [1.82, 2.24) is 19.6 Å². The van der Waals surface area contributed by atoms with Gasteiger partial charge in [0.1, 0.15) is 0 Å². The fourth-order valence-corrected chi connectivity index (χ4v) is 3.73. The van der Waals surface area contributed by atoms with Crippen molar-refractivity contribution in [3.05, 3.63) is 0 Å². The number of aliphatic carboxylic acids is 4. The Morgan fingerprint density at radius 2 is 0.970 bits per heavy atom. The molecular formula is C21H40N4O8. The number of hydrogen-bond acceptors (Lipinski definition) is 8. The molecule has 1 fully saturated rings. The van der Waals surface area contributed by atoms with Crippen LogP contribution in [0.1, 0.15) is 27.7 Å². The highest BCUT2D eigenvalue weighted by molar-refractivity contribution is 5.70. The van der Waals surface area contributed by atoms with E-state index in [0.717, 1.165) is 0 Å². The molecule has 1 atom stereocenters. The van der Waals surface area contributed by atoms with Crippen molar-refractivity contribution < 1.29 is 39.6 Å². The molecule has 1 unspecified atom stereocenters. The second-order valence-electron chi connectivity index (χ2n) is 8.14. The van der Waals surface area contributed by atoms with Crippen molar-refractivity contribution in [3.63, 3.8) is 0 Å². The zero-order valence-electron chi connectivity index (χ0n) is 20.1. The zero-order valence-corrected chi connectivity index (χ0v) is 20.1. The van der Waals surface area contributed by atoms with Gasteiger partial charge in [0.15, 0.2) is 0 Å². The molecular weight excluding hydrogens is 436 g/mol. The Morgan fingerprint density at radius 1 is 0.636 bits per heavy atom. The summed E-state index contributed by atoms with van der Waals surface area (Å²) >= 11 is 0. The Bertz CT molecular complexity index is 631. The largest absolute Gasteiger partial charge is 0.480 e. The minimum absolute atomic E-state index is 0.0154. The van der Waals surface area contributed by atoms with Gasteiger partial charge >= 0.3 is 23.9 Å². The lowest BCUT2D eigenvalue weighted by Crippen LogP contribution is -2.54. The van der Waals surface area contributed by atoms with Crippen molar-refractivity contribution in [2.45, 2.75) is 33.7 Å². The van der Waals surface area contributed by atoms with Crippen molar-refractivity contribution in [1.29, 1.82) is 0 Å². The number of carbonyl (C=O) groups is 4. The first kappa shape index (κ1) is 30.7. The molecule has 0 aromatic heterocycles. The molecule has 0 bridgehead atoms. The van der Waals surface area contributed by atoms with Crippen LogP contribution in [0.5, 0.6) is 0 Å². The molecule has 0 aromatic rings. The van der Waals surface area contributed by atoms with Crippen LogP contribution in [-0.4, -0.2) is 142 Å². The first-order valence-corrected chi connectivity index (χ1v) is 11.3. The van der Waals surface area contributed by atoms with Crippen LogP contribution in [0.15, 0.2) is 0 Å². The molecule has 0 radical (unpaired) electrons. The molecule has 4 N–H and O–H groups in total. The van der Waals surface area contributed by atoms with E-state index in [-0.39, 0.29) is 38.1 Å². The Kier molecular flexibility index (Phi) is 15.2. The van der Waals surface area contributed by atoms with Crippen LogP contribution in [0, 0.1) is 5.92 Å². The quantitative estimate of drug-likeness (QED) is 0.341. The normalized spacial score (nSPS) is 20.2. The van der Waals surface area contributed by atoms with Gasteiger partial charge in [-0.15, -0.1) is 0 Å². The van der Waals surface area contributed by atoms with Gasteiger partial charge in [0.05, 0.1) is 26.2 Å². The first-order chi connectivity index (χ1) is 15.5. The molecule has 1 aliphatic heterocycles. The predicted octanol–water partition coefficient (Wildman–Crippen LogP) is -0.403. The van der Waals surface area contributed by atoms with Crippen LogP contribution < -0.4 is 0 Å². The maximum absolute atomic E-state index is 11.5. The Labute approximate surface area is 195 Å². The van der Waals surface area contributed by atoms with E-state index >= 15 is 0 Å². The smallest absolute Gasteiger partial charge is 0.317 e. The van der Waals surface area contributed by atoms with E-state index in [1.54, 1.807) is 19.6 Å². The summed E-state index contributed by atoms with van der Waals surface area (Å²) in [6.45, 7) is 8.98. The van der Waals surface area contributed by atoms with Crippen LogP contribution in [-0.2, 0) is 19.2 Å². The lowest BCUT2D eigenvalue weighted by molar-refractivity contribution is -0.142. The van der Waals surface area contributed by atoms with Crippen molar-refractivity contribution in [3.8, 4) is 0 Å². The van der Waals surface area contributed by atoms with Gasteiger partial charge in [0.2, 0.25) is 0 Å². The van der Waals surface area contributed by atoms with Gasteiger partial charge in [-0.2, -0.15) is 0 Å². The highest BCUT2D eigenvalue weighted by Crippen LogP contribution is 2.14. The van der Waals surface area contributed by atoms with E-state index in [2.05, 4.69) is 0 Å². The average molecular weight is 477 g/mol. The second-order valence-corrected chi connectivity index (χ2v) is 8.14. The van der Waals surface area contributed by atoms with Gasteiger partial charge in [-0.05, 0) is 5.92 Å². The summed E-state index contributed by atoms with van der Waals surface area (Å²) in [6, 6.07) is -0.269. The maximum atomic E-state index is 11.5. The van der Waals surface area contributed by atoms with E-state index in [0.29, 0.717) is 45.8 Å². The number of carboxylic acids is 4. The molecule has 0 saturated carbocycles. The van der Waals surface area contributed by atoms with Gasteiger partial charge in [-0.25, -0.2) is 0 Å². The molecule has 1 aliphatic rings. The molecule has 12 heteroatoms. The van der Waals surface area contributed by atoms with Crippen LogP contribution in [0.4, 0.5) is 0 Å². The summed E-state index contributed by atoms with van der Waals surface area (Å²) in [5, 5.41) is 37.1. The Morgan fingerprint density at radius 3 is 1.33 bits per heavy atom.